The zero-order valence-corrected chi connectivity index (χ0v) is 23.6. The van der Waals surface area contributed by atoms with E-state index in [0.29, 0.717) is 32.1 Å². The number of benzene rings is 3. The normalized spacial score (nSPS) is 15.4. The van der Waals surface area contributed by atoms with E-state index < -0.39 is 0 Å². The van der Waals surface area contributed by atoms with E-state index in [1.54, 1.807) is 6.07 Å². The van der Waals surface area contributed by atoms with Gasteiger partial charge in [0.2, 0.25) is 0 Å². The minimum atomic E-state index is -0.224. The first kappa shape index (κ1) is 25.0. The molecule has 0 aromatic heterocycles. The molecule has 1 amide bonds. The van der Waals surface area contributed by atoms with Crippen molar-refractivity contribution >= 4 is 91.4 Å². The summed E-state index contributed by atoms with van der Waals surface area (Å²) >= 11 is 11.9. The van der Waals surface area contributed by atoms with E-state index in [-0.39, 0.29) is 12.5 Å². The summed E-state index contributed by atoms with van der Waals surface area (Å²) < 4.78 is 8.09. The number of thioether (sulfide) groups is 1. The molecule has 0 spiro atoms. The van der Waals surface area contributed by atoms with Gasteiger partial charge >= 0.3 is 0 Å². The van der Waals surface area contributed by atoms with Crippen molar-refractivity contribution in [1.82, 2.24) is 5.32 Å². The molecule has 4 rings (SSSR count). The van der Waals surface area contributed by atoms with Crippen molar-refractivity contribution in [2.45, 2.75) is 13.5 Å². The van der Waals surface area contributed by atoms with Gasteiger partial charge in [0.15, 0.2) is 5.17 Å². The molecule has 0 saturated carbocycles. The van der Waals surface area contributed by atoms with E-state index in [4.69, 9.17) is 16.3 Å². The summed E-state index contributed by atoms with van der Waals surface area (Å²) in [5.74, 6) is 0.434. The Morgan fingerprint density at radius 1 is 1.21 bits per heavy atom. The fourth-order valence-electron chi connectivity index (χ4n) is 3.19. The molecular weight excluding hydrogens is 696 g/mol. The molecule has 0 radical (unpaired) electrons. The zero-order chi connectivity index (χ0) is 24.2. The van der Waals surface area contributed by atoms with Crippen LogP contribution in [0.4, 0.5) is 5.69 Å². The number of carbonyl (C=O) groups is 1. The molecule has 1 fully saturated rings. The van der Waals surface area contributed by atoms with Crippen LogP contribution in [0.25, 0.3) is 6.08 Å². The first-order chi connectivity index (χ1) is 16.4. The smallest absolute Gasteiger partial charge is 0.264 e. The summed E-state index contributed by atoms with van der Waals surface area (Å²) in [6.07, 6.45) is 1.81. The first-order valence-electron chi connectivity index (χ1n) is 10.00. The monoisotopic (exact) mass is 711 g/mol. The van der Waals surface area contributed by atoms with Crippen LogP contribution >= 0.6 is 68.5 Å². The number of nitrogens with zero attached hydrogens (tertiary/aromatic N) is 2. The molecule has 1 heterocycles. The molecule has 0 unspecified atom stereocenters. The lowest BCUT2D eigenvalue weighted by Gasteiger charge is -2.13. The molecule has 1 N–H and O–H groups in total. The fraction of sp³-hybridized carbons (Fsp3) is 0.0800. The predicted octanol–water partition coefficient (Wildman–Crippen LogP) is 7.20. The van der Waals surface area contributed by atoms with Crippen LogP contribution in [0.1, 0.15) is 22.3 Å². The van der Waals surface area contributed by atoms with E-state index in [2.05, 4.69) is 61.6 Å². The number of hydrogen-bond acceptors (Lipinski definition) is 5. The van der Waals surface area contributed by atoms with Crippen LogP contribution in [-0.2, 0) is 11.4 Å². The van der Waals surface area contributed by atoms with Crippen LogP contribution < -0.4 is 10.1 Å². The number of rotatable bonds is 5. The third-order valence-corrected chi connectivity index (χ3v) is 7.69. The second-order valence-electron chi connectivity index (χ2n) is 7.23. The topological polar surface area (TPSA) is 74.5 Å². The number of nitriles is 1. The average Bonchev–Trinajstić information content (AvgIpc) is 3.15. The molecule has 0 atom stereocenters. The molecular formula is C25H16ClI2N3O2S. The number of amidine groups is 1. The van der Waals surface area contributed by atoms with E-state index in [1.165, 1.54) is 11.8 Å². The van der Waals surface area contributed by atoms with Crippen molar-refractivity contribution in [1.29, 1.82) is 5.26 Å². The number of nitrogens with one attached hydrogen (secondary N) is 1. The van der Waals surface area contributed by atoms with Gasteiger partial charge in [0.05, 0.1) is 25.8 Å². The minimum absolute atomic E-state index is 0.224. The Morgan fingerprint density at radius 2 is 2.00 bits per heavy atom. The van der Waals surface area contributed by atoms with Gasteiger partial charge in [0.25, 0.3) is 5.91 Å². The van der Waals surface area contributed by atoms with Crippen molar-refractivity contribution in [3.8, 4) is 11.8 Å². The van der Waals surface area contributed by atoms with Crippen LogP contribution in [0, 0.1) is 25.4 Å². The highest BCUT2D eigenvalue weighted by molar-refractivity contribution is 14.1. The van der Waals surface area contributed by atoms with Gasteiger partial charge in [-0.1, -0.05) is 35.9 Å². The number of amides is 1. The lowest BCUT2D eigenvalue weighted by molar-refractivity contribution is -0.115. The van der Waals surface area contributed by atoms with E-state index in [1.807, 2.05) is 61.5 Å². The van der Waals surface area contributed by atoms with Gasteiger partial charge < -0.3 is 10.1 Å². The summed E-state index contributed by atoms with van der Waals surface area (Å²) in [7, 11) is 0. The van der Waals surface area contributed by atoms with Gasteiger partial charge in [-0.15, -0.1) is 0 Å². The van der Waals surface area contributed by atoms with Crippen molar-refractivity contribution in [3.05, 3.63) is 93.9 Å². The Bertz CT molecular complexity index is 1400. The minimum Gasteiger partial charge on any atom is -0.487 e. The van der Waals surface area contributed by atoms with Crippen LogP contribution in [-0.4, -0.2) is 11.1 Å². The van der Waals surface area contributed by atoms with Crippen molar-refractivity contribution in [2.75, 3.05) is 0 Å². The Morgan fingerprint density at radius 3 is 2.79 bits per heavy atom. The van der Waals surface area contributed by atoms with Gasteiger partial charge in [-0.2, -0.15) is 5.26 Å². The van der Waals surface area contributed by atoms with Crippen LogP contribution in [0.3, 0.4) is 0 Å². The third kappa shape index (κ3) is 5.76. The maximum atomic E-state index is 12.7. The van der Waals surface area contributed by atoms with Crippen LogP contribution in [0.2, 0.25) is 5.02 Å². The van der Waals surface area contributed by atoms with Crippen LogP contribution in [0.15, 0.2) is 64.5 Å². The maximum absolute atomic E-state index is 12.7. The Labute approximate surface area is 233 Å². The molecule has 34 heavy (non-hydrogen) atoms. The summed E-state index contributed by atoms with van der Waals surface area (Å²) in [5.41, 5.74) is 3.72. The first-order valence-corrected chi connectivity index (χ1v) is 13.4. The molecule has 3 aromatic rings. The fourth-order valence-corrected chi connectivity index (χ4v) is 6.23. The van der Waals surface area contributed by atoms with E-state index in [0.717, 1.165) is 23.8 Å². The Hall–Kier alpha value is -2.07. The number of aliphatic imine (C=N–C) groups is 1. The van der Waals surface area contributed by atoms with Gasteiger partial charge in [0.1, 0.15) is 12.4 Å². The lowest BCUT2D eigenvalue weighted by Crippen LogP contribution is -2.19. The van der Waals surface area contributed by atoms with E-state index in [9.17, 15) is 10.1 Å². The molecule has 3 aromatic carbocycles. The summed E-state index contributed by atoms with van der Waals surface area (Å²) in [6.45, 7) is 2.14. The largest absolute Gasteiger partial charge is 0.487 e. The standard InChI is InChI=1S/C25H16ClI2N3O2S/c1-14-19(26)7-4-8-21(14)30-25-31-24(32)22(34-25)10-17-9-18(27)11-20(28)23(17)33-13-16-6-3-2-5-15(16)12-29/h2-11H,13H2,1H3,(H,30,31,32)/b22-10+. The number of hydrogen-bond donors (Lipinski definition) is 1. The predicted molar refractivity (Wildman–Crippen MR) is 154 cm³/mol. The third-order valence-electron chi connectivity index (χ3n) is 4.95. The SMILES string of the molecule is Cc1c(Cl)cccc1N=C1NC(=O)/C(=C\c2cc(I)cc(I)c2OCc2ccccc2C#N)S1. The summed E-state index contributed by atoms with van der Waals surface area (Å²) in [5, 5.41) is 13.3. The van der Waals surface area contributed by atoms with E-state index >= 15 is 0 Å². The molecule has 5 nitrogen and oxygen atoms in total. The molecule has 0 bridgehead atoms. The molecule has 1 aliphatic rings. The van der Waals surface area contributed by atoms with Gasteiger partial charge in [0, 0.05) is 19.7 Å². The quantitative estimate of drug-likeness (QED) is 0.225. The lowest BCUT2D eigenvalue weighted by atomic mass is 10.1. The zero-order valence-electron chi connectivity index (χ0n) is 17.7. The van der Waals surface area contributed by atoms with Gasteiger partial charge in [-0.25, -0.2) is 4.99 Å². The summed E-state index contributed by atoms with van der Waals surface area (Å²) in [6, 6.07) is 19.0. The maximum Gasteiger partial charge on any atom is 0.264 e. The van der Waals surface area contributed by atoms with Crippen molar-refractivity contribution in [2.24, 2.45) is 4.99 Å². The van der Waals surface area contributed by atoms with Gasteiger partial charge in [-0.3, -0.25) is 4.79 Å². The Balaban J connectivity index is 1.63. The number of halogens is 3. The average molecular weight is 712 g/mol. The van der Waals surface area contributed by atoms with Crippen LogP contribution in [0.5, 0.6) is 5.75 Å². The Kier molecular flexibility index (Phi) is 8.18. The second kappa shape index (κ2) is 11.1. The van der Waals surface area contributed by atoms with Crippen molar-refractivity contribution < 1.29 is 9.53 Å². The molecule has 1 saturated heterocycles. The van der Waals surface area contributed by atoms with Crippen molar-refractivity contribution in [3.63, 3.8) is 0 Å². The molecule has 0 aliphatic carbocycles. The highest BCUT2D eigenvalue weighted by atomic mass is 127. The highest BCUT2D eigenvalue weighted by Gasteiger charge is 2.25. The van der Waals surface area contributed by atoms with Gasteiger partial charge in [-0.05, 0) is 106 Å². The second-order valence-corrected chi connectivity index (χ2v) is 11.1. The highest BCUT2D eigenvalue weighted by Crippen LogP contribution is 2.35. The summed E-state index contributed by atoms with van der Waals surface area (Å²) in [4.78, 5) is 17.8. The number of ether oxygens (including phenoxy) is 1. The molecule has 1 aliphatic heterocycles. The molecule has 9 heteroatoms. The number of carbonyl (C=O) groups excluding carboxylic acids is 1. The molecule has 170 valence electrons.